The fraction of sp³-hybridized carbons (Fsp3) is 0.467. The summed E-state index contributed by atoms with van der Waals surface area (Å²) in [5.41, 5.74) is 0.973. The van der Waals surface area contributed by atoms with Crippen LogP contribution in [0.25, 0.3) is 10.9 Å². The quantitative estimate of drug-likeness (QED) is 0.827. The van der Waals surface area contributed by atoms with Crippen molar-refractivity contribution in [2.45, 2.75) is 39.3 Å². The van der Waals surface area contributed by atoms with Crippen molar-refractivity contribution in [3.8, 4) is 0 Å². The maximum absolute atomic E-state index is 13.5. The number of nitrogens with zero attached hydrogens (tertiary/aromatic N) is 1. The Morgan fingerprint density at radius 1 is 1.22 bits per heavy atom. The highest BCUT2D eigenvalue weighted by atomic mass is 19.1. The van der Waals surface area contributed by atoms with Crippen LogP contribution < -0.4 is 5.32 Å². The molecule has 1 aromatic carbocycles. The number of hydrogen-bond donors (Lipinski definition) is 1. The Bertz CT molecular complexity index is 500. The minimum absolute atomic E-state index is 0.140. The lowest BCUT2D eigenvalue weighted by molar-refractivity contribution is 0.468. The highest BCUT2D eigenvalue weighted by Gasteiger charge is 2.05. The molecule has 2 rings (SSSR count). The fourth-order valence-electron chi connectivity index (χ4n) is 2.35. The largest absolute Gasteiger partial charge is 0.346 e. The summed E-state index contributed by atoms with van der Waals surface area (Å²) < 4.78 is 15.6. The second-order valence-corrected chi connectivity index (χ2v) is 4.65. The molecule has 1 aromatic heterocycles. The molecule has 0 unspecified atom stereocenters. The van der Waals surface area contributed by atoms with Crippen molar-refractivity contribution < 1.29 is 4.39 Å². The number of fused-ring (bicyclic) bond motifs is 1. The summed E-state index contributed by atoms with van der Waals surface area (Å²) >= 11 is 0. The van der Waals surface area contributed by atoms with E-state index < -0.39 is 0 Å². The van der Waals surface area contributed by atoms with E-state index in [9.17, 15) is 4.39 Å². The molecule has 0 aliphatic rings. The summed E-state index contributed by atoms with van der Waals surface area (Å²) in [4.78, 5) is 0. The summed E-state index contributed by atoms with van der Waals surface area (Å²) in [6.45, 7) is 6.19. The first-order chi connectivity index (χ1) is 8.76. The van der Waals surface area contributed by atoms with Gasteiger partial charge >= 0.3 is 0 Å². The predicted octanol–water partition coefficient (Wildman–Crippen LogP) is 3.56. The van der Waals surface area contributed by atoms with Gasteiger partial charge in [-0.1, -0.05) is 19.9 Å². The molecule has 0 atom stereocenters. The maximum Gasteiger partial charge on any atom is 0.132 e. The van der Waals surface area contributed by atoms with E-state index in [2.05, 4.69) is 23.7 Å². The average Bonchev–Trinajstić information content (AvgIpc) is 2.80. The van der Waals surface area contributed by atoms with Crippen LogP contribution in [0.1, 0.15) is 26.7 Å². The van der Waals surface area contributed by atoms with Crippen LogP contribution in [0.5, 0.6) is 0 Å². The Kier molecular flexibility index (Phi) is 4.37. The molecular weight excluding hydrogens is 227 g/mol. The molecule has 2 aromatic rings. The number of nitrogens with one attached hydrogen (secondary N) is 1. The van der Waals surface area contributed by atoms with Gasteiger partial charge in [0.05, 0.1) is 5.52 Å². The monoisotopic (exact) mass is 248 g/mol. The van der Waals surface area contributed by atoms with Gasteiger partial charge in [-0.15, -0.1) is 0 Å². The first kappa shape index (κ1) is 13.1. The van der Waals surface area contributed by atoms with Crippen molar-refractivity contribution in [2.75, 3.05) is 6.54 Å². The standard InChI is InChI=1S/C15H21FN2/c1-3-12(4-2)17-9-11-18-10-8-13-14(16)6-5-7-15(13)18/h5-8,10,12,17H,3-4,9,11H2,1-2H3. The van der Waals surface area contributed by atoms with Gasteiger partial charge in [-0.05, 0) is 31.0 Å². The normalized spacial score (nSPS) is 11.6. The van der Waals surface area contributed by atoms with Crippen LogP contribution in [0.15, 0.2) is 30.5 Å². The van der Waals surface area contributed by atoms with E-state index in [1.54, 1.807) is 6.07 Å². The third-order valence-electron chi connectivity index (χ3n) is 3.53. The van der Waals surface area contributed by atoms with Gasteiger partial charge in [0, 0.05) is 30.7 Å². The molecule has 0 spiro atoms. The lowest BCUT2D eigenvalue weighted by Gasteiger charge is -2.15. The van der Waals surface area contributed by atoms with Crippen molar-refractivity contribution in [1.82, 2.24) is 9.88 Å². The van der Waals surface area contributed by atoms with Crippen LogP contribution >= 0.6 is 0 Å². The highest BCUT2D eigenvalue weighted by molar-refractivity contribution is 5.80. The van der Waals surface area contributed by atoms with Crippen molar-refractivity contribution in [1.29, 1.82) is 0 Å². The zero-order chi connectivity index (χ0) is 13.0. The van der Waals surface area contributed by atoms with E-state index in [1.165, 1.54) is 6.07 Å². The van der Waals surface area contributed by atoms with Crippen LogP contribution in [0, 0.1) is 5.82 Å². The first-order valence-electron chi connectivity index (χ1n) is 6.73. The average molecular weight is 248 g/mol. The number of benzene rings is 1. The van der Waals surface area contributed by atoms with Crippen LogP contribution in [-0.4, -0.2) is 17.2 Å². The van der Waals surface area contributed by atoms with Gasteiger partial charge in [-0.2, -0.15) is 0 Å². The Labute approximate surface area is 108 Å². The molecule has 0 aliphatic heterocycles. The number of aromatic nitrogens is 1. The molecule has 1 heterocycles. The molecule has 0 aliphatic carbocycles. The predicted molar refractivity (Wildman–Crippen MR) is 74.3 cm³/mol. The van der Waals surface area contributed by atoms with Gasteiger partial charge in [-0.25, -0.2) is 4.39 Å². The van der Waals surface area contributed by atoms with E-state index in [1.807, 2.05) is 18.3 Å². The second-order valence-electron chi connectivity index (χ2n) is 4.65. The Morgan fingerprint density at radius 2 is 2.00 bits per heavy atom. The Balaban J connectivity index is 2.02. The topological polar surface area (TPSA) is 17.0 Å². The number of halogens is 1. The Hall–Kier alpha value is -1.35. The van der Waals surface area contributed by atoms with Gasteiger partial charge in [0.15, 0.2) is 0 Å². The molecule has 0 saturated heterocycles. The second kappa shape index (κ2) is 6.01. The molecule has 0 fully saturated rings. The van der Waals surface area contributed by atoms with Crippen LogP contribution in [0.3, 0.4) is 0 Å². The summed E-state index contributed by atoms with van der Waals surface area (Å²) in [5.74, 6) is -0.140. The van der Waals surface area contributed by atoms with E-state index in [0.29, 0.717) is 11.4 Å². The van der Waals surface area contributed by atoms with Crippen LogP contribution in [0.4, 0.5) is 4.39 Å². The first-order valence-corrected chi connectivity index (χ1v) is 6.73. The van der Waals surface area contributed by atoms with E-state index in [-0.39, 0.29) is 5.82 Å². The van der Waals surface area contributed by atoms with E-state index >= 15 is 0 Å². The third-order valence-corrected chi connectivity index (χ3v) is 3.53. The van der Waals surface area contributed by atoms with E-state index in [4.69, 9.17) is 0 Å². The van der Waals surface area contributed by atoms with Crippen molar-refractivity contribution in [3.63, 3.8) is 0 Å². The van der Waals surface area contributed by atoms with Gasteiger partial charge in [0.25, 0.3) is 0 Å². The van der Waals surface area contributed by atoms with Crippen molar-refractivity contribution >= 4 is 10.9 Å². The molecule has 0 bridgehead atoms. The SMILES string of the molecule is CCC(CC)NCCn1ccc2c(F)cccc21. The van der Waals surface area contributed by atoms with Crippen LogP contribution in [-0.2, 0) is 6.54 Å². The van der Waals surface area contributed by atoms with Gasteiger partial charge < -0.3 is 9.88 Å². The Morgan fingerprint density at radius 3 is 2.72 bits per heavy atom. The molecule has 3 heteroatoms. The van der Waals surface area contributed by atoms with Gasteiger partial charge in [0.2, 0.25) is 0 Å². The fourth-order valence-corrected chi connectivity index (χ4v) is 2.35. The van der Waals surface area contributed by atoms with Crippen molar-refractivity contribution in [3.05, 3.63) is 36.3 Å². The highest BCUT2D eigenvalue weighted by Crippen LogP contribution is 2.18. The number of hydrogen-bond acceptors (Lipinski definition) is 1. The molecule has 18 heavy (non-hydrogen) atoms. The zero-order valence-electron chi connectivity index (χ0n) is 11.1. The molecule has 0 radical (unpaired) electrons. The minimum atomic E-state index is -0.140. The molecule has 98 valence electrons. The summed E-state index contributed by atoms with van der Waals surface area (Å²) in [6, 6.07) is 7.68. The summed E-state index contributed by atoms with van der Waals surface area (Å²) in [5, 5.41) is 4.23. The van der Waals surface area contributed by atoms with Crippen LogP contribution in [0.2, 0.25) is 0 Å². The zero-order valence-corrected chi connectivity index (χ0v) is 11.1. The molecule has 0 amide bonds. The molecular formula is C15H21FN2. The molecule has 0 saturated carbocycles. The molecule has 1 N–H and O–H groups in total. The summed E-state index contributed by atoms with van der Waals surface area (Å²) in [6.07, 6.45) is 4.26. The lowest BCUT2D eigenvalue weighted by atomic mass is 10.2. The lowest BCUT2D eigenvalue weighted by Crippen LogP contribution is -2.30. The summed E-state index contributed by atoms with van der Waals surface area (Å²) in [7, 11) is 0. The maximum atomic E-state index is 13.5. The number of rotatable bonds is 6. The minimum Gasteiger partial charge on any atom is -0.346 e. The van der Waals surface area contributed by atoms with Crippen molar-refractivity contribution in [2.24, 2.45) is 0 Å². The third kappa shape index (κ3) is 2.72. The van der Waals surface area contributed by atoms with E-state index in [0.717, 1.165) is 31.4 Å². The van der Waals surface area contributed by atoms with Gasteiger partial charge in [0.1, 0.15) is 5.82 Å². The smallest absolute Gasteiger partial charge is 0.132 e. The van der Waals surface area contributed by atoms with Gasteiger partial charge in [-0.3, -0.25) is 0 Å². The molecule has 2 nitrogen and oxygen atoms in total.